The number of aromatic carboxylic acids is 1. The molecule has 4 heterocycles. The van der Waals surface area contributed by atoms with Crippen molar-refractivity contribution in [2.24, 2.45) is 0 Å². The Bertz CT molecular complexity index is 1640. The van der Waals surface area contributed by atoms with Gasteiger partial charge in [-0.25, -0.2) is 23.1 Å². The van der Waals surface area contributed by atoms with E-state index >= 15 is 0 Å². The predicted octanol–water partition coefficient (Wildman–Crippen LogP) is 3.05. The van der Waals surface area contributed by atoms with Gasteiger partial charge >= 0.3 is 18.0 Å². The number of fused-ring (bicyclic) bond motifs is 1. The number of nitrogens with zero attached hydrogens (tertiary/aromatic N) is 7. The molecule has 3 aromatic heterocycles. The van der Waals surface area contributed by atoms with Gasteiger partial charge in [0.05, 0.1) is 35.0 Å². The van der Waals surface area contributed by atoms with Crippen LogP contribution in [0, 0.1) is 0 Å². The van der Waals surface area contributed by atoms with E-state index in [0.717, 1.165) is 10.4 Å². The van der Waals surface area contributed by atoms with Crippen molar-refractivity contribution < 1.29 is 37.5 Å². The highest BCUT2D eigenvalue weighted by Gasteiger charge is 2.28. The maximum absolute atomic E-state index is 13.8. The van der Waals surface area contributed by atoms with E-state index in [1.807, 2.05) is 26.8 Å². The largest absolute Gasteiger partial charge is 0.478 e. The van der Waals surface area contributed by atoms with Gasteiger partial charge < -0.3 is 25.0 Å². The first-order chi connectivity index (χ1) is 19.9. The number of halogens is 2. The van der Waals surface area contributed by atoms with Crippen LogP contribution in [0.2, 0.25) is 0 Å². The molecule has 0 atom stereocenters. The first kappa shape index (κ1) is 28.4. The molecular weight excluding hydrogens is 554 g/mol. The molecule has 0 radical (unpaired) electrons. The summed E-state index contributed by atoms with van der Waals surface area (Å²) in [7, 11) is 0. The standard InChI is InChI=1S/C27H28F2N8O5/c1-27(2,3)42-26(41)34-12-10-33(11-13-34)19-8-9-37-30-14-21(36(37)15-19)24(38)31-20-16-35(32-22(20)23(28)29)18-6-4-17(5-7-18)25(39)40/h4-9,14-16,23H,10-13H2,1-3H3,(H-,30,31,38,39,40)/p+1. The molecular formula is C27H29F2N8O5+. The topological polar surface area (TPSA) is 138 Å². The molecule has 220 valence electrons. The van der Waals surface area contributed by atoms with Crippen molar-refractivity contribution in [3.8, 4) is 5.69 Å². The van der Waals surface area contributed by atoms with Crippen LogP contribution in [0.4, 0.5) is 25.0 Å². The summed E-state index contributed by atoms with van der Waals surface area (Å²) in [5.41, 5.74) is -0.203. The van der Waals surface area contributed by atoms with E-state index in [0.29, 0.717) is 31.9 Å². The van der Waals surface area contributed by atoms with Gasteiger partial charge in [0.25, 0.3) is 12.1 Å². The Hall–Kier alpha value is -5.08. The third-order valence-electron chi connectivity index (χ3n) is 6.50. The number of alkyl halides is 2. The summed E-state index contributed by atoms with van der Waals surface area (Å²) in [6.07, 6.45) is 2.56. The van der Waals surface area contributed by atoms with Crippen LogP contribution in [-0.2, 0) is 4.74 Å². The van der Waals surface area contributed by atoms with E-state index in [4.69, 9.17) is 9.84 Å². The lowest BCUT2D eigenvalue weighted by molar-refractivity contribution is -0.624. The van der Waals surface area contributed by atoms with E-state index in [9.17, 15) is 23.2 Å². The number of carboxylic acid groups (broad SMARTS) is 1. The van der Waals surface area contributed by atoms with Gasteiger partial charge in [0.15, 0.2) is 5.69 Å². The first-order valence-electron chi connectivity index (χ1n) is 13.0. The molecule has 0 bridgehead atoms. The highest BCUT2D eigenvalue weighted by molar-refractivity contribution is 6.02. The Morgan fingerprint density at radius 2 is 1.74 bits per heavy atom. The van der Waals surface area contributed by atoms with Gasteiger partial charge in [-0.3, -0.25) is 4.79 Å². The number of rotatable bonds is 6. The molecule has 1 aliphatic heterocycles. The summed E-state index contributed by atoms with van der Waals surface area (Å²) in [5.74, 6) is -1.81. The zero-order valence-electron chi connectivity index (χ0n) is 23.1. The maximum atomic E-state index is 13.8. The Morgan fingerprint density at radius 3 is 2.36 bits per heavy atom. The van der Waals surface area contributed by atoms with Crippen molar-refractivity contribution in [1.29, 1.82) is 0 Å². The second-order valence-corrected chi connectivity index (χ2v) is 10.6. The number of carbonyl (C=O) groups is 3. The summed E-state index contributed by atoms with van der Waals surface area (Å²) in [5, 5.41) is 19.7. The number of anilines is 2. The van der Waals surface area contributed by atoms with Gasteiger partial charge in [0.2, 0.25) is 6.20 Å². The molecule has 1 aliphatic rings. The van der Waals surface area contributed by atoms with E-state index in [-0.39, 0.29) is 23.0 Å². The monoisotopic (exact) mass is 583 g/mol. The molecule has 1 fully saturated rings. The molecule has 0 spiro atoms. The lowest BCUT2D eigenvalue weighted by Crippen LogP contribution is -2.50. The number of hydrogen-bond acceptors (Lipinski definition) is 7. The van der Waals surface area contributed by atoms with Gasteiger partial charge in [-0.05, 0) is 55.7 Å². The minimum Gasteiger partial charge on any atom is -0.478 e. The second kappa shape index (κ2) is 11.1. The number of benzene rings is 1. The highest BCUT2D eigenvalue weighted by atomic mass is 19.3. The van der Waals surface area contributed by atoms with Crippen molar-refractivity contribution in [1.82, 2.24) is 24.4 Å². The molecule has 1 aromatic carbocycles. The fourth-order valence-electron chi connectivity index (χ4n) is 4.43. The number of nitrogens with one attached hydrogen (secondary N) is 1. The normalized spacial score (nSPS) is 14.0. The molecule has 0 aliphatic carbocycles. The van der Waals surface area contributed by atoms with Crippen molar-refractivity contribution in [2.45, 2.75) is 32.8 Å². The van der Waals surface area contributed by atoms with Crippen molar-refractivity contribution in [2.75, 3.05) is 36.4 Å². The number of hydrogen-bond donors (Lipinski definition) is 2. The minimum atomic E-state index is -2.98. The third-order valence-corrected chi connectivity index (χ3v) is 6.50. The maximum Gasteiger partial charge on any atom is 0.410 e. The molecule has 13 nitrogen and oxygen atoms in total. The Labute approximate surface area is 238 Å². The average molecular weight is 584 g/mol. The number of amides is 2. The van der Waals surface area contributed by atoms with Crippen molar-refractivity contribution in [3.05, 3.63) is 72.1 Å². The van der Waals surface area contributed by atoms with Gasteiger partial charge in [-0.1, -0.05) is 0 Å². The minimum absolute atomic E-state index is 0.0305. The van der Waals surface area contributed by atoms with Crippen LogP contribution in [0.5, 0.6) is 0 Å². The molecule has 15 heteroatoms. The molecule has 42 heavy (non-hydrogen) atoms. The van der Waals surface area contributed by atoms with Gasteiger partial charge in [0, 0.05) is 31.3 Å². The van der Waals surface area contributed by atoms with E-state index in [1.54, 1.807) is 17.3 Å². The molecule has 0 saturated carbocycles. The summed E-state index contributed by atoms with van der Waals surface area (Å²) in [6, 6.07) is 7.32. The lowest BCUT2D eigenvalue weighted by atomic mass is 10.2. The molecule has 2 N–H and O–H groups in total. The van der Waals surface area contributed by atoms with Crippen LogP contribution < -0.4 is 14.7 Å². The molecule has 0 unspecified atom stereocenters. The van der Waals surface area contributed by atoms with Crippen molar-refractivity contribution >= 4 is 29.3 Å². The first-order valence-corrected chi connectivity index (χ1v) is 13.0. The molecule has 5 rings (SSSR count). The Morgan fingerprint density at radius 1 is 1.05 bits per heavy atom. The van der Waals surface area contributed by atoms with Gasteiger partial charge in [-0.15, -0.1) is 4.52 Å². The van der Waals surface area contributed by atoms with E-state index < -0.39 is 29.6 Å². The smallest absolute Gasteiger partial charge is 0.410 e. The quantitative estimate of drug-likeness (QED) is 0.331. The Balaban J connectivity index is 1.33. The molecule has 2 amide bonds. The zero-order valence-corrected chi connectivity index (χ0v) is 23.1. The van der Waals surface area contributed by atoms with Crippen molar-refractivity contribution in [3.63, 3.8) is 0 Å². The van der Waals surface area contributed by atoms with Crippen LogP contribution in [0.3, 0.4) is 0 Å². The number of ether oxygens (including phenoxy) is 1. The number of carbonyl (C=O) groups excluding carboxylic acids is 2. The van der Waals surface area contributed by atoms with E-state index in [2.05, 4.69) is 20.4 Å². The van der Waals surface area contributed by atoms with Crippen LogP contribution >= 0.6 is 0 Å². The van der Waals surface area contributed by atoms with Crippen LogP contribution in [0.25, 0.3) is 5.69 Å². The highest BCUT2D eigenvalue weighted by Crippen LogP contribution is 2.27. The average Bonchev–Trinajstić information content (AvgIpc) is 3.56. The van der Waals surface area contributed by atoms with Crippen LogP contribution in [0.1, 0.15) is 53.7 Å². The number of aromatic nitrogens is 5. The fourth-order valence-corrected chi connectivity index (χ4v) is 4.43. The van der Waals surface area contributed by atoms with Crippen LogP contribution in [0.15, 0.2) is 55.1 Å². The van der Waals surface area contributed by atoms with Crippen LogP contribution in [-0.4, -0.2) is 79.3 Å². The lowest BCUT2D eigenvalue weighted by Gasteiger charge is -2.36. The number of piperazine rings is 1. The van der Waals surface area contributed by atoms with Gasteiger partial charge in [0.1, 0.15) is 11.8 Å². The molecule has 4 aromatic rings. The summed E-state index contributed by atoms with van der Waals surface area (Å²) >= 11 is 0. The fraction of sp³-hybridized carbons (Fsp3) is 0.333. The predicted molar refractivity (Wildman–Crippen MR) is 144 cm³/mol. The Kier molecular flexibility index (Phi) is 7.49. The summed E-state index contributed by atoms with van der Waals surface area (Å²) in [6.45, 7) is 7.43. The number of carboxylic acids is 1. The van der Waals surface area contributed by atoms with E-state index in [1.165, 1.54) is 45.8 Å². The zero-order chi connectivity index (χ0) is 30.2. The summed E-state index contributed by atoms with van der Waals surface area (Å²) < 4.78 is 37.2. The van der Waals surface area contributed by atoms with Gasteiger partial charge in [-0.2, -0.15) is 5.10 Å². The SMILES string of the molecule is CC(C)(C)OC(=O)N1CCN(c2ccn3ncc(C(=O)Nc4cn(-c5ccc(C(=O)O)cc5)nc4C(F)F)[n+]3c2)CC1. The second-order valence-electron chi connectivity index (χ2n) is 10.6. The summed E-state index contributed by atoms with van der Waals surface area (Å²) in [4.78, 5) is 40.5. The molecule has 1 saturated heterocycles. The third kappa shape index (κ3) is 5.99.